The predicted octanol–water partition coefficient (Wildman–Crippen LogP) is 3.16. The Hall–Kier alpha value is -1.57. The summed E-state index contributed by atoms with van der Waals surface area (Å²) in [6.07, 6.45) is -3.25. The maximum atomic E-state index is 12.8. The molecule has 1 saturated carbocycles. The molecule has 1 aliphatic carbocycles. The molecule has 1 aromatic rings. The quantitative estimate of drug-likeness (QED) is 0.891. The molecule has 2 rings (SSSR count). The molecule has 1 aromatic carbocycles. The lowest BCUT2D eigenvalue weighted by molar-refractivity contribution is -0.139. The van der Waals surface area contributed by atoms with Gasteiger partial charge in [-0.3, -0.25) is 9.59 Å². The summed E-state index contributed by atoms with van der Waals surface area (Å²) in [7, 11) is 0. The molecule has 0 saturated heterocycles. The molecule has 1 fully saturated rings. The summed E-state index contributed by atoms with van der Waals surface area (Å²) >= 11 is 2.79. The Kier molecular flexibility index (Phi) is 4.27. The average molecular weight is 366 g/mol. The number of alkyl halides is 3. The van der Waals surface area contributed by atoms with Gasteiger partial charge in [-0.15, -0.1) is 0 Å². The van der Waals surface area contributed by atoms with Crippen LogP contribution in [0.4, 0.5) is 13.2 Å². The molecule has 0 radical (unpaired) electrons. The first kappa shape index (κ1) is 15.8. The first-order valence-electron chi connectivity index (χ1n) is 6.09. The molecular formula is C13H11BrF3NO3. The number of carboxylic acid groups (broad SMARTS) is 1. The molecule has 1 aliphatic rings. The van der Waals surface area contributed by atoms with Gasteiger partial charge in [0.1, 0.15) is 6.54 Å². The van der Waals surface area contributed by atoms with Crippen molar-refractivity contribution < 1.29 is 27.9 Å². The van der Waals surface area contributed by atoms with Crippen molar-refractivity contribution in [2.75, 3.05) is 6.54 Å². The summed E-state index contributed by atoms with van der Waals surface area (Å²) in [5, 5.41) is 8.80. The Morgan fingerprint density at radius 3 is 2.43 bits per heavy atom. The lowest BCUT2D eigenvalue weighted by Crippen LogP contribution is -2.37. The van der Waals surface area contributed by atoms with Crippen LogP contribution in [0.5, 0.6) is 0 Å². The summed E-state index contributed by atoms with van der Waals surface area (Å²) in [4.78, 5) is 24.1. The molecule has 0 aliphatic heterocycles. The molecule has 0 heterocycles. The Balaban J connectivity index is 2.32. The topological polar surface area (TPSA) is 57.6 Å². The first-order valence-corrected chi connectivity index (χ1v) is 6.89. The Labute approximate surface area is 126 Å². The van der Waals surface area contributed by atoms with Gasteiger partial charge in [0.2, 0.25) is 0 Å². The average Bonchev–Trinajstić information content (AvgIpc) is 3.18. The van der Waals surface area contributed by atoms with E-state index in [9.17, 15) is 22.8 Å². The van der Waals surface area contributed by atoms with Crippen LogP contribution in [0.1, 0.15) is 28.8 Å². The van der Waals surface area contributed by atoms with Crippen LogP contribution >= 0.6 is 15.9 Å². The van der Waals surface area contributed by atoms with Crippen molar-refractivity contribution in [1.29, 1.82) is 0 Å². The van der Waals surface area contributed by atoms with E-state index in [1.807, 2.05) is 0 Å². The van der Waals surface area contributed by atoms with E-state index in [1.165, 1.54) is 6.07 Å². The summed E-state index contributed by atoms with van der Waals surface area (Å²) in [5.74, 6) is -1.89. The zero-order valence-corrected chi connectivity index (χ0v) is 12.2. The van der Waals surface area contributed by atoms with Crippen molar-refractivity contribution in [3.63, 3.8) is 0 Å². The highest BCUT2D eigenvalue weighted by molar-refractivity contribution is 9.10. The summed E-state index contributed by atoms with van der Waals surface area (Å²) in [5.41, 5.74) is -1.13. The molecule has 0 atom stereocenters. The van der Waals surface area contributed by atoms with Crippen LogP contribution in [-0.2, 0) is 11.0 Å². The number of carbonyl (C=O) groups excluding carboxylic acids is 1. The molecule has 0 bridgehead atoms. The number of nitrogens with zero attached hydrogens (tertiary/aromatic N) is 1. The fourth-order valence-electron chi connectivity index (χ4n) is 1.94. The number of benzene rings is 1. The lowest BCUT2D eigenvalue weighted by Gasteiger charge is -2.21. The molecular weight excluding hydrogens is 355 g/mol. The van der Waals surface area contributed by atoms with Gasteiger partial charge in [-0.2, -0.15) is 13.2 Å². The highest BCUT2D eigenvalue weighted by Gasteiger charge is 2.37. The fraction of sp³-hybridized carbons (Fsp3) is 0.385. The summed E-state index contributed by atoms with van der Waals surface area (Å²) in [6.45, 7) is -0.513. The Morgan fingerprint density at radius 1 is 1.33 bits per heavy atom. The number of carboxylic acids is 1. The molecule has 1 amide bonds. The second kappa shape index (κ2) is 5.67. The van der Waals surface area contributed by atoms with Gasteiger partial charge in [-0.1, -0.05) is 15.9 Å². The number of halogens is 4. The molecule has 21 heavy (non-hydrogen) atoms. The van der Waals surface area contributed by atoms with Crippen LogP contribution in [0.3, 0.4) is 0 Å². The third kappa shape index (κ3) is 3.75. The van der Waals surface area contributed by atoms with Crippen molar-refractivity contribution in [3.8, 4) is 0 Å². The molecule has 4 nitrogen and oxygen atoms in total. The van der Waals surface area contributed by atoms with Gasteiger partial charge in [0.25, 0.3) is 5.91 Å². The molecule has 0 spiro atoms. The van der Waals surface area contributed by atoms with E-state index in [4.69, 9.17) is 5.11 Å². The summed E-state index contributed by atoms with van der Waals surface area (Å²) in [6, 6.07) is 2.93. The van der Waals surface area contributed by atoms with E-state index in [2.05, 4.69) is 15.9 Å². The van der Waals surface area contributed by atoms with Crippen molar-refractivity contribution >= 4 is 27.8 Å². The van der Waals surface area contributed by atoms with Crippen LogP contribution in [0.15, 0.2) is 22.7 Å². The highest BCUT2D eigenvalue weighted by atomic mass is 79.9. The Bertz CT molecular complexity index is 585. The van der Waals surface area contributed by atoms with E-state index < -0.39 is 30.2 Å². The zero-order valence-electron chi connectivity index (χ0n) is 10.7. The molecule has 0 aromatic heterocycles. The largest absolute Gasteiger partial charge is 0.480 e. The number of hydrogen-bond acceptors (Lipinski definition) is 2. The summed E-state index contributed by atoms with van der Waals surface area (Å²) < 4.78 is 38.3. The van der Waals surface area contributed by atoms with Gasteiger partial charge in [0, 0.05) is 16.1 Å². The van der Waals surface area contributed by atoms with Gasteiger partial charge in [-0.05, 0) is 31.0 Å². The third-order valence-electron chi connectivity index (χ3n) is 3.07. The van der Waals surface area contributed by atoms with Crippen LogP contribution in [0.2, 0.25) is 0 Å². The lowest BCUT2D eigenvalue weighted by atomic mass is 10.1. The van der Waals surface area contributed by atoms with Crippen molar-refractivity contribution in [2.45, 2.75) is 25.1 Å². The normalized spacial score (nSPS) is 14.9. The minimum atomic E-state index is -4.59. The van der Waals surface area contributed by atoms with E-state index in [-0.39, 0.29) is 16.1 Å². The smallest absolute Gasteiger partial charge is 0.417 e. The van der Waals surface area contributed by atoms with Crippen LogP contribution < -0.4 is 0 Å². The zero-order chi connectivity index (χ0) is 15.8. The van der Waals surface area contributed by atoms with Gasteiger partial charge in [0.15, 0.2) is 0 Å². The first-order chi connectivity index (χ1) is 9.70. The van der Waals surface area contributed by atoms with Crippen molar-refractivity contribution in [3.05, 3.63) is 33.8 Å². The van der Waals surface area contributed by atoms with Crippen molar-refractivity contribution in [2.24, 2.45) is 0 Å². The fourth-order valence-corrected chi connectivity index (χ4v) is 2.41. The van der Waals surface area contributed by atoms with E-state index >= 15 is 0 Å². The minimum absolute atomic E-state index is 0.164. The highest BCUT2D eigenvalue weighted by Crippen LogP contribution is 2.36. The molecule has 0 unspecified atom stereocenters. The van der Waals surface area contributed by atoms with Gasteiger partial charge in [-0.25, -0.2) is 0 Å². The number of hydrogen-bond donors (Lipinski definition) is 1. The third-order valence-corrected chi connectivity index (χ3v) is 3.76. The van der Waals surface area contributed by atoms with E-state index in [0.717, 1.165) is 17.0 Å². The predicted molar refractivity (Wildman–Crippen MR) is 70.8 cm³/mol. The minimum Gasteiger partial charge on any atom is -0.480 e. The van der Waals surface area contributed by atoms with E-state index in [0.29, 0.717) is 12.8 Å². The number of rotatable bonds is 4. The van der Waals surface area contributed by atoms with E-state index in [1.54, 1.807) is 0 Å². The van der Waals surface area contributed by atoms with Gasteiger partial charge >= 0.3 is 12.1 Å². The standard InChI is InChI=1S/C13H11BrF3NO3/c14-10-4-1-7(5-9(10)13(15,16)17)12(21)18(6-11(19)20)8-2-3-8/h1,4-5,8H,2-3,6H2,(H,19,20). The van der Waals surface area contributed by atoms with Crippen LogP contribution in [-0.4, -0.2) is 34.5 Å². The van der Waals surface area contributed by atoms with Crippen LogP contribution in [0.25, 0.3) is 0 Å². The maximum absolute atomic E-state index is 12.8. The van der Waals surface area contributed by atoms with Crippen LogP contribution in [0, 0.1) is 0 Å². The van der Waals surface area contributed by atoms with Gasteiger partial charge in [0.05, 0.1) is 5.56 Å². The number of aliphatic carboxylic acids is 1. The second-order valence-electron chi connectivity index (χ2n) is 4.75. The molecule has 1 N–H and O–H groups in total. The molecule has 114 valence electrons. The number of amides is 1. The van der Waals surface area contributed by atoms with Gasteiger partial charge < -0.3 is 10.0 Å². The second-order valence-corrected chi connectivity index (χ2v) is 5.60. The molecule has 8 heteroatoms. The Morgan fingerprint density at radius 2 is 1.95 bits per heavy atom. The monoisotopic (exact) mass is 365 g/mol. The SMILES string of the molecule is O=C(O)CN(C(=O)c1ccc(Br)c(C(F)(F)F)c1)C1CC1. The van der Waals surface area contributed by atoms with Crippen molar-refractivity contribution in [1.82, 2.24) is 4.90 Å². The maximum Gasteiger partial charge on any atom is 0.417 e. The number of carbonyl (C=O) groups is 2.